The Morgan fingerprint density at radius 1 is 0.824 bits per heavy atom. The number of aliphatic imine (C=N–C) groups is 1. The number of anilines is 1. The third kappa shape index (κ3) is 5.42. The van der Waals surface area contributed by atoms with Gasteiger partial charge in [-0.25, -0.2) is 0 Å². The number of aromatic nitrogens is 1. The Labute approximate surface area is 197 Å². The largest absolute Gasteiger partial charge is 0.481 e. The Bertz CT molecular complexity index is 1290. The van der Waals surface area contributed by atoms with Crippen LogP contribution in [0.3, 0.4) is 0 Å². The zero-order valence-corrected chi connectivity index (χ0v) is 18.3. The normalized spacial score (nSPS) is 12.1. The Morgan fingerprint density at radius 2 is 1.47 bits per heavy atom. The highest BCUT2D eigenvalue weighted by Crippen LogP contribution is 2.23. The summed E-state index contributed by atoms with van der Waals surface area (Å²) in [5.41, 5.74) is 3.65. The van der Waals surface area contributed by atoms with E-state index in [1.807, 2.05) is 66.7 Å². The first kappa shape index (κ1) is 22.6. The number of para-hydroxylation sites is 1. The molecule has 0 saturated heterocycles. The molecule has 0 aliphatic heterocycles. The zero-order chi connectivity index (χ0) is 23.8. The predicted octanol–water partition coefficient (Wildman–Crippen LogP) is 5.04. The van der Waals surface area contributed by atoms with Crippen LogP contribution >= 0.6 is 0 Å². The number of carboxylic acids is 1. The van der Waals surface area contributed by atoms with Gasteiger partial charge in [0.2, 0.25) is 0 Å². The molecule has 4 rings (SSSR count). The van der Waals surface area contributed by atoms with Crippen LogP contribution in [-0.4, -0.2) is 34.2 Å². The van der Waals surface area contributed by atoms with E-state index >= 15 is 0 Å². The molecule has 0 bridgehead atoms. The number of hydrogen-bond acceptors (Lipinski definition) is 4. The molecule has 34 heavy (non-hydrogen) atoms. The summed E-state index contributed by atoms with van der Waals surface area (Å²) in [6, 6.07) is 31.0. The minimum absolute atomic E-state index is 0.0477. The van der Waals surface area contributed by atoms with Gasteiger partial charge in [0.05, 0.1) is 17.9 Å². The maximum atomic E-state index is 12.8. The summed E-state index contributed by atoms with van der Waals surface area (Å²) in [6.45, 7) is 0.0477. The summed E-state index contributed by atoms with van der Waals surface area (Å²) in [7, 11) is 0. The van der Waals surface area contributed by atoms with E-state index in [1.54, 1.807) is 42.6 Å². The van der Waals surface area contributed by atoms with E-state index in [4.69, 9.17) is 4.99 Å². The Morgan fingerprint density at radius 3 is 2.15 bits per heavy atom. The van der Waals surface area contributed by atoms with Crippen molar-refractivity contribution in [1.82, 2.24) is 4.98 Å². The molecule has 2 N–H and O–H groups in total. The molecule has 0 aliphatic rings. The van der Waals surface area contributed by atoms with Gasteiger partial charge in [-0.05, 0) is 23.8 Å². The van der Waals surface area contributed by atoms with Crippen molar-refractivity contribution >= 4 is 23.3 Å². The van der Waals surface area contributed by atoms with Crippen LogP contribution in [0.1, 0.15) is 33.1 Å². The Hall–Kier alpha value is -4.58. The second-order valence-electron chi connectivity index (χ2n) is 7.57. The number of nitrogens with zero attached hydrogens (tertiary/aromatic N) is 2. The highest BCUT2D eigenvalue weighted by Gasteiger charge is 2.21. The van der Waals surface area contributed by atoms with Gasteiger partial charge in [-0.15, -0.1) is 0 Å². The van der Waals surface area contributed by atoms with Gasteiger partial charge in [-0.3, -0.25) is 19.6 Å². The molecule has 0 radical (unpaired) electrons. The fraction of sp³-hybridized carbons (Fsp3) is 0.0714. The lowest BCUT2D eigenvalue weighted by atomic mass is 9.97. The van der Waals surface area contributed by atoms with Gasteiger partial charge >= 0.3 is 5.97 Å². The smallest absolute Gasteiger partial charge is 0.312 e. The molecule has 4 aromatic rings. The fourth-order valence-electron chi connectivity index (χ4n) is 3.60. The molecule has 3 aromatic carbocycles. The summed E-state index contributed by atoms with van der Waals surface area (Å²) >= 11 is 0. The van der Waals surface area contributed by atoms with Crippen molar-refractivity contribution in [2.24, 2.45) is 4.99 Å². The lowest BCUT2D eigenvalue weighted by Crippen LogP contribution is -2.18. The quantitative estimate of drug-likeness (QED) is 0.369. The van der Waals surface area contributed by atoms with Crippen molar-refractivity contribution in [2.75, 3.05) is 11.9 Å². The predicted molar refractivity (Wildman–Crippen MR) is 132 cm³/mol. The van der Waals surface area contributed by atoms with Crippen LogP contribution in [0.4, 0.5) is 5.69 Å². The van der Waals surface area contributed by atoms with Crippen molar-refractivity contribution in [3.05, 3.63) is 132 Å². The summed E-state index contributed by atoms with van der Waals surface area (Å²) in [5, 5.41) is 12.8. The molecule has 0 fully saturated rings. The Kier molecular flexibility index (Phi) is 7.20. The molecule has 1 heterocycles. The number of nitrogens with one attached hydrogen (secondary N) is 1. The van der Waals surface area contributed by atoms with Crippen LogP contribution in [0, 0.1) is 0 Å². The van der Waals surface area contributed by atoms with Crippen LogP contribution in [0.25, 0.3) is 0 Å². The van der Waals surface area contributed by atoms with E-state index in [0.717, 1.165) is 5.56 Å². The number of carbonyl (C=O) groups is 2. The van der Waals surface area contributed by atoms with Crippen molar-refractivity contribution in [3.8, 4) is 0 Å². The van der Waals surface area contributed by atoms with Gasteiger partial charge in [0, 0.05) is 17.3 Å². The van der Waals surface area contributed by atoms with Crippen molar-refractivity contribution < 1.29 is 14.7 Å². The number of amides is 1. The topological polar surface area (TPSA) is 91.7 Å². The molecule has 1 unspecified atom stereocenters. The third-order valence-electron chi connectivity index (χ3n) is 5.31. The van der Waals surface area contributed by atoms with Crippen LogP contribution in [0.5, 0.6) is 0 Å². The Balaban J connectivity index is 1.73. The average Bonchev–Trinajstić information content (AvgIpc) is 2.88. The van der Waals surface area contributed by atoms with Crippen LogP contribution in [-0.2, 0) is 4.79 Å². The first-order valence-electron chi connectivity index (χ1n) is 10.8. The van der Waals surface area contributed by atoms with E-state index in [-0.39, 0.29) is 12.5 Å². The van der Waals surface area contributed by atoms with Gasteiger partial charge in [0.1, 0.15) is 11.6 Å². The lowest BCUT2D eigenvalue weighted by Gasteiger charge is -2.16. The van der Waals surface area contributed by atoms with Crippen molar-refractivity contribution in [2.45, 2.75) is 5.92 Å². The summed E-state index contributed by atoms with van der Waals surface area (Å²) in [4.78, 5) is 33.7. The molecule has 6 nitrogen and oxygen atoms in total. The van der Waals surface area contributed by atoms with E-state index in [0.29, 0.717) is 28.2 Å². The van der Waals surface area contributed by atoms with E-state index in [1.165, 1.54) is 0 Å². The number of hydrogen-bond donors (Lipinski definition) is 2. The van der Waals surface area contributed by atoms with Crippen molar-refractivity contribution in [1.29, 1.82) is 0 Å². The van der Waals surface area contributed by atoms with Gasteiger partial charge in [-0.1, -0.05) is 84.9 Å². The standard InChI is InChI=1S/C28H23N3O3/c32-27(25-17-9-10-18-29-25)31-24-16-8-7-15-22(24)26(21-13-5-2-6-14-21)30-19-23(28(33)34)20-11-3-1-4-12-20/h1-18,23H,19H2,(H,31,32)(H,33,34). The first-order valence-corrected chi connectivity index (χ1v) is 10.8. The molecule has 6 heteroatoms. The summed E-state index contributed by atoms with van der Waals surface area (Å²) in [6.07, 6.45) is 1.56. The molecule has 0 saturated carbocycles. The summed E-state index contributed by atoms with van der Waals surface area (Å²) in [5.74, 6) is -2.08. The molecular formula is C28H23N3O3. The van der Waals surface area contributed by atoms with Crippen LogP contribution in [0.15, 0.2) is 114 Å². The zero-order valence-electron chi connectivity index (χ0n) is 18.3. The van der Waals surface area contributed by atoms with Gasteiger partial charge < -0.3 is 10.4 Å². The monoisotopic (exact) mass is 449 g/mol. The molecule has 1 aromatic heterocycles. The molecule has 0 aliphatic carbocycles. The molecule has 168 valence electrons. The highest BCUT2D eigenvalue weighted by atomic mass is 16.4. The molecule has 1 amide bonds. The van der Waals surface area contributed by atoms with Crippen molar-refractivity contribution in [3.63, 3.8) is 0 Å². The number of benzene rings is 3. The molecular weight excluding hydrogens is 426 g/mol. The number of carboxylic acid groups (broad SMARTS) is 1. The molecule has 0 spiro atoms. The fourth-order valence-corrected chi connectivity index (χ4v) is 3.60. The SMILES string of the molecule is O=C(Nc1ccccc1C(=NCC(C(=O)O)c1ccccc1)c1ccccc1)c1ccccn1. The second-order valence-corrected chi connectivity index (χ2v) is 7.57. The molecule has 1 atom stereocenters. The maximum absolute atomic E-state index is 12.8. The third-order valence-corrected chi connectivity index (χ3v) is 5.31. The van der Waals surface area contributed by atoms with E-state index in [2.05, 4.69) is 10.3 Å². The second kappa shape index (κ2) is 10.8. The lowest BCUT2D eigenvalue weighted by molar-refractivity contribution is -0.138. The number of rotatable bonds is 8. The number of pyridine rings is 1. The van der Waals surface area contributed by atoms with E-state index < -0.39 is 11.9 Å². The minimum Gasteiger partial charge on any atom is -0.481 e. The number of aliphatic carboxylic acids is 1. The van der Waals surface area contributed by atoms with E-state index in [9.17, 15) is 14.7 Å². The van der Waals surface area contributed by atoms with Gasteiger partial charge in [0.25, 0.3) is 5.91 Å². The minimum atomic E-state index is -0.945. The van der Waals surface area contributed by atoms with Gasteiger partial charge in [-0.2, -0.15) is 0 Å². The van der Waals surface area contributed by atoms with Crippen LogP contribution < -0.4 is 5.32 Å². The number of carbonyl (C=O) groups excluding carboxylic acids is 1. The first-order chi connectivity index (χ1) is 16.6. The average molecular weight is 450 g/mol. The van der Waals surface area contributed by atoms with Gasteiger partial charge in [0.15, 0.2) is 0 Å². The van der Waals surface area contributed by atoms with Crippen LogP contribution in [0.2, 0.25) is 0 Å². The maximum Gasteiger partial charge on any atom is 0.312 e. The summed E-state index contributed by atoms with van der Waals surface area (Å²) < 4.78 is 0. The highest BCUT2D eigenvalue weighted by molar-refractivity contribution is 6.18.